The van der Waals surface area contributed by atoms with Gasteiger partial charge in [0.05, 0.1) is 11.3 Å². The van der Waals surface area contributed by atoms with E-state index in [1.165, 1.54) is 0 Å². The van der Waals surface area contributed by atoms with Crippen molar-refractivity contribution < 1.29 is 9.53 Å². The second-order valence-electron chi connectivity index (χ2n) is 3.72. The summed E-state index contributed by atoms with van der Waals surface area (Å²) in [5, 5.41) is 4.73. The van der Waals surface area contributed by atoms with Crippen molar-refractivity contribution in [1.82, 2.24) is 9.78 Å². The number of ether oxygens (including phenoxy) is 1. The minimum Gasteiger partial charge on any atom is -0.381 e. The number of aldehydes is 1. The van der Waals surface area contributed by atoms with E-state index in [1.807, 2.05) is 0 Å². The first-order valence-corrected chi connectivity index (χ1v) is 5.37. The monoisotopic (exact) mass is 228 g/mol. The van der Waals surface area contributed by atoms with Crippen LogP contribution in [0.15, 0.2) is 0 Å². The highest BCUT2D eigenvalue weighted by Gasteiger charge is 2.24. The van der Waals surface area contributed by atoms with E-state index in [2.05, 4.69) is 5.10 Å². The van der Waals surface area contributed by atoms with Gasteiger partial charge in [0.2, 0.25) is 0 Å². The zero-order valence-electron chi connectivity index (χ0n) is 8.57. The summed E-state index contributed by atoms with van der Waals surface area (Å²) in [6.07, 6.45) is 2.61. The van der Waals surface area contributed by atoms with Gasteiger partial charge in [-0.05, 0) is 12.8 Å². The topological polar surface area (TPSA) is 44.1 Å². The van der Waals surface area contributed by atoms with Crippen LogP contribution in [-0.2, 0) is 11.8 Å². The first-order valence-electron chi connectivity index (χ1n) is 4.99. The Labute approximate surface area is 93.2 Å². The average molecular weight is 229 g/mol. The third kappa shape index (κ3) is 1.92. The molecule has 4 nitrogen and oxygen atoms in total. The fraction of sp³-hybridized carbons (Fsp3) is 0.600. The molecule has 1 aromatic heterocycles. The average Bonchev–Trinajstić information content (AvgIpc) is 2.56. The fourth-order valence-corrected chi connectivity index (χ4v) is 2.10. The molecule has 5 heteroatoms. The lowest BCUT2D eigenvalue weighted by Crippen LogP contribution is -2.15. The second kappa shape index (κ2) is 4.33. The highest BCUT2D eigenvalue weighted by Crippen LogP contribution is 2.30. The number of aromatic nitrogens is 2. The Morgan fingerprint density at radius 3 is 2.80 bits per heavy atom. The van der Waals surface area contributed by atoms with Crippen LogP contribution >= 0.6 is 11.6 Å². The highest BCUT2D eigenvalue weighted by molar-refractivity contribution is 6.32. The molecule has 0 bridgehead atoms. The third-order valence-electron chi connectivity index (χ3n) is 2.77. The third-order valence-corrected chi connectivity index (χ3v) is 3.21. The molecular formula is C10H13ClN2O2. The van der Waals surface area contributed by atoms with Gasteiger partial charge in [-0.25, -0.2) is 0 Å². The maximum Gasteiger partial charge on any atom is 0.155 e. The molecule has 0 aliphatic carbocycles. The smallest absolute Gasteiger partial charge is 0.155 e. The zero-order chi connectivity index (χ0) is 10.8. The summed E-state index contributed by atoms with van der Waals surface area (Å²) in [7, 11) is 1.75. The molecule has 0 atom stereocenters. The molecule has 1 aliphatic heterocycles. The Morgan fingerprint density at radius 2 is 2.20 bits per heavy atom. The molecule has 0 unspecified atom stereocenters. The van der Waals surface area contributed by atoms with Crippen LogP contribution in [0.1, 0.15) is 34.8 Å². The molecule has 0 N–H and O–H groups in total. The number of aryl methyl sites for hydroxylation is 1. The van der Waals surface area contributed by atoms with Crippen molar-refractivity contribution in [3.05, 3.63) is 16.4 Å². The minimum atomic E-state index is 0.303. The van der Waals surface area contributed by atoms with Crippen LogP contribution in [0.5, 0.6) is 0 Å². The number of nitrogens with zero attached hydrogens (tertiary/aromatic N) is 2. The Bertz CT molecular complexity index is 370. The summed E-state index contributed by atoms with van der Waals surface area (Å²) in [5.41, 5.74) is 1.35. The molecule has 0 spiro atoms. The van der Waals surface area contributed by atoms with E-state index >= 15 is 0 Å². The van der Waals surface area contributed by atoms with Crippen LogP contribution in [0.25, 0.3) is 0 Å². The number of rotatable bonds is 2. The van der Waals surface area contributed by atoms with Crippen molar-refractivity contribution in [2.45, 2.75) is 18.8 Å². The first kappa shape index (κ1) is 10.6. The number of hydrogen-bond donors (Lipinski definition) is 0. The van der Waals surface area contributed by atoms with Crippen molar-refractivity contribution >= 4 is 17.9 Å². The lowest BCUT2D eigenvalue weighted by Gasteiger charge is -2.20. The molecule has 1 saturated heterocycles. The normalized spacial score (nSPS) is 18.0. The van der Waals surface area contributed by atoms with E-state index in [4.69, 9.17) is 16.3 Å². The maximum absolute atomic E-state index is 10.9. The van der Waals surface area contributed by atoms with Crippen LogP contribution in [0.4, 0.5) is 0 Å². The zero-order valence-corrected chi connectivity index (χ0v) is 9.33. The summed E-state index contributed by atoms with van der Waals surface area (Å²) in [5.74, 6) is 0.303. The van der Waals surface area contributed by atoms with Crippen LogP contribution < -0.4 is 0 Å². The number of hydrogen-bond acceptors (Lipinski definition) is 3. The van der Waals surface area contributed by atoms with Crippen molar-refractivity contribution in [3.8, 4) is 0 Å². The van der Waals surface area contributed by atoms with Gasteiger partial charge in [0, 0.05) is 26.2 Å². The maximum atomic E-state index is 10.9. The molecule has 0 aromatic carbocycles. The van der Waals surface area contributed by atoms with E-state index in [0.717, 1.165) is 38.0 Å². The van der Waals surface area contributed by atoms with Crippen molar-refractivity contribution in [3.63, 3.8) is 0 Å². The summed E-state index contributed by atoms with van der Waals surface area (Å²) in [6.45, 7) is 1.47. The van der Waals surface area contributed by atoms with Crippen LogP contribution in [0, 0.1) is 0 Å². The van der Waals surface area contributed by atoms with E-state index in [9.17, 15) is 4.79 Å². The molecule has 1 aliphatic rings. The van der Waals surface area contributed by atoms with Gasteiger partial charge in [0.1, 0.15) is 5.15 Å². The molecule has 82 valence electrons. The van der Waals surface area contributed by atoms with Gasteiger partial charge in [-0.3, -0.25) is 9.48 Å². The Balaban J connectivity index is 2.33. The van der Waals surface area contributed by atoms with Crippen molar-refractivity contribution in [1.29, 1.82) is 0 Å². The number of carbonyl (C=O) groups is 1. The molecule has 2 heterocycles. The molecular weight excluding hydrogens is 216 g/mol. The fourth-order valence-electron chi connectivity index (χ4n) is 1.92. The van der Waals surface area contributed by atoms with Gasteiger partial charge < -0.3 is 4.74 Å². The lowest BCUT2D eigenvalue weighted by molar-refractivity contribution is 0.0840. The van der Waals surface area contributed by atoms with Crippen LogP contribution in [0.2, 0.25) is 5.15 Å². The first-order chi connectivity index (χ1) is 7.24. The standard InChI is InChI=1S/C10H13ClN2O2/c1-13-10(11)8(6-14)9(12-13)7-2-4-15-5-3-7/h6-7H,2-5H2,1H3. The molecule has 0 amide bonds. The molecule has 15 heavy (non-hydrogen) atoms. The van der Waals surface area contributed by atoms with Gasteiger partial charge in [-0.15, -0.1) is 0 Å². The summed E-state index contributed by atoms with van der Waals surface area (Å²) >= 11 is 5.97. The number of carbonyl (C=O) groups excluding carboxylic acids is 1. The summed E-state index contributed by atoms with van der Waals surface area (Å²) < 4.78 is 6.83. The van der Waals surface area contributed by atoms with Crippen molar-refractivity contribution in [2.75, 3.05) is 13.2 Å². The molecule has 1 aromatic rings. The predicted molar refractivity (Wildman–Crippen MR) is 56.4 cm³/mol. The van der Waals surface area contributed by atoms with E-state index in [1.54, 1.807) is 11.7 Å². The Hall–Kier alpha value is -0.870. The van der Waals surface area contributed by atoms with Gasteiger partial charge in [0.25, 0.3) is 0 Å². The largest absolute Gasteiger partial charge is 0.381 e. The quantitative estimate of drug-likeness (QED) is 0.725. The molecule has 1 fully saturated rings. The van der Waals surface area contributed by atoms with Crippen LogP contribution in [0.3, 0.4) is 0 Å². The van der Waals surface area contributed by atoms with Crippen molar-refractivity contribution in [2.24, 2.45) is 7.05 Å². The Morgan fingerprint density at radius 1 is 1.53 bits per heavy atom. The van der Waals surface area contributed by atoms with Gasteiger partial charge in [-0.1, -0.05) is 11.6 Å². The molecule has 0 radical (unpaired) electrons. The van der Waals surface area contributed by atoms with Gasteiger partial charge >= 0.3 is 0 Å². The van der Waals surface area contributed by atoms with Crippen LogP contribution in [-0.4, -0.2) is 29.3 Å². The second-order valence-corrected chi connectivity index (χ2v) is 4.08. The van der Waals surface area contributed by atoms with E-state index < -0.39 is 0 Å². The molecule has 2 rings (SSSR count). The van der Waals surface area contributed by atoms with E-state index in [0.29, 0.717) is 16.6 Å². The van der Waals surface area contributed by atoms with Gasteiger partial charge in [-0.2, -0.15) is 5.10 Å². The minimum absolute atomic E-state index is 0.303. The highest BCUT2D eigenvalue weighted by atomic mass is 35.5. The summed E-state index contributed by atoms with van der Waals surface area (Å²) in [4.78, 5) is 10.9. The Kier molecular flexibility index (Phi) is 3.07. The predicted octanol–water partition coefficient (Wildman–Crippen LogP) is 1.78. The van der Waals surface area contributed by atoms with Gasteiger partial charge in [0.15, 0.2) is 6.29 Å². The molecule has 0 saturated carbocycles. The SMILES string of the molecule is Cn1nc(C2CCOCC2)c(C=O)c1Cl. The number of halogens is 1. The summed E-state index contributed by atoms with van der Waals surface area (Å²) in [6, 6.07) is 0. The lowest BCUT2D eigenvalue weighted by atomic mass is 9.94. The van der Waals surface area contributed by atoms with E-state index in [-0.39, 0.29) is 0 Å².